The van der Waals surface area contributed by atoms with Crippen molar-refractivity contribution in [1.82, 2.24) is 29.0 Å². The smallest absolute Gasteiger partial charge is 0.303 e. The Kier molecular flexibility index (Phi) is 7.98. The summed E-state index contributed by atoms with van der Waals surface area (Å²) >= 11 is 0. The number of sulfonamides is 1. The number of carbonyl (C=O) groups excluding carboxylic acids is 2. The number of imidazole rings is 1. The van der Waals surface area contributed by atoms with Crippen molar-refractivity contribution in [2.75, 3.05) is 24.7 Å². The van der Waals surface area contributed by atoms with Crippen LogP contribution < -0.4 is 5.32 Å². The number of nitrogens with zero attached hydrogens (tertiary/aromatic N) is 6. The van der Waals surface area contributed by atoms with Gasteiger partial charge in [-0.2, -0.15) is 0 Å². The van der Waals surface area contributed by atoms with Crippen molar-refractivity contribution < 1.29 is 36.7 Å². The van der Waals surface area contributed by atoms with Crippen LogP contribution >= 0.6 is 0 Å². The molecular formula is C26H35N7O8S. The number of esters is 2. The summed E-state index contributed by atoms with van der Waals surface area (Å²) in [6.45, 7) is 9.26. The van der Waals surface area contributed by atoms with Crippen LogP contribution in [-0.4, -0.2) is 86.9 Å². The van der Waals surface area contributed by atoms with E-state index in [1.54, 1.807) is 10.6 Å². The normalized spacial score (nSPS) is 24.1. The molecule has 42 heavy (non-hydrogen) atoms. The second-order valence-corrected chi connectivity index (χ2v) is 13.6. The molecule has 4 atom stereocenters. The van der Waals surface area contributed by atoms with Gasteiger partial charge in [0.2, 0.25) is 10.0 Å². The van der Waals surface area contributed by atoms with Crippen LogP contribution in [0.4, 0.5) is 5.82 Å². The summed E-state index contributed by atoms with van der Waals surface area (Å²) in [4.78, 5) is 37.6. The summed E-state index contributed by atoms with van der Waals surface area (Å²) in [7, 11) is -3.25. The summed E-state index contributed by atoms with van der Waals surface area (Å²) in [5.74, 6) is -0.404. The fraction of sp³-hybridized carbons (Fsp3) is 0.615. The van der Waals surface area contributed by atoms with Crippen LogP contribution in [-0.2, 0) is 39.2 Å². The third kappa shape index (κ3) is 6.10. The number of ether oxygens (including phenoxy) is 3. The van der Waals surface area contributed by atoms with Crippen LogP contribution in [0.5, 0.6) is 0 Å². The molecule has 0 aliphatic carbocycles. The summed E-state index contributed by atoms with van der Waals surface area (Å²) < 4.78 is 50.1. The Hall–Kier alpha value is -3.63. The Morgan fingerprint density at radius 3 is 2.31 bits per heavy atom. The van der Waals surface area contributed by atoms with Gasteiger partial charge in [-0.25, -0.2) is 27.7 Å². The Bertz CT molecular complexity index is 1570. The number of fused-ring (bicyclic) bond motifs is 1. The van der Waals surface area contributed by atoms with Crippen LogP contribution in [0.1, 0.15) is 71.2 Å². The highest BCUT2D eigenvalue weighted by atomic mass is 32.2. The van der Waals surface area contributed by atoms with E-state index in [9.17, 15) is 18.0 Å². The van der Waals surface area contributed by atoms with Crippen LogP contribution in [0.25, 0.3) is 11.2 Å². The number of nitrogens with one attached hydrogen (secondary N) is 1. The Labute approximate surface area is 243 Å². The summed E-state index contributed by atoms with van der Waals surface area (Å²) in [6, 6.07) is 1.71. The molecule has 15 nitrogen and oxygen atoms in total. The third-order valence-electron chi connectivity index (χ3n) is 7.27. The molecule has 5 heterocycles. The lowest BCUT2D eigenvalue weighted by Gasteiger charge is -2.30. The number of carbonyl (C=O) groups is 2. The summed E-state index contributed by atoms with van der Waals surface area (Å²) in [5.41, 5.74) is 1.19. The van der Waals surface area contributed by atoms with Gasteiger partial charge < -0.3 is 24.1 Å². The highest BCUT2D eigenvalue weighted by Gasteiger charge is 2.53. The lowest BCUT2D eigenvalue weighted by Crippen LogP contribution is -2.41. The van der Waals surface area contributed by atoms with E-state index in [-0.39, 0.29) is 11.5 Å². The molecule has 0 radical (unpaired) electrons. The van der Waals surface area contributed by atoms with Gasteiger partial charge in [0.25, 0.3) is 0 Å². The molecule has 0 spiro atoms. The fourth-order valence-corrected chi connectivity index (χ4v) is 6.05. The largest absolute Gasteiger partial charge is 0.455 e. The van der Waals surface area contributed by atoms with Crippen LogP contribution in [0, 0.1) is 0 Å². The molecule has 5 rings (SSSR count). The predicted molar refractivity (Wildman–Crippen MR) is 148 cm³/mol. The average Bonchev–Trinajstić information content (AvgIpc) is 3.62. The SMILES string of the molecule is CC(=O)OC1C(c2cc(C(C)(C)C)no2)OC(n2cnc3c(NC4CCN(S(C)(=O)=O)CC4)ncnc32)C1OC(C)=O. The van der Waals surface area contributed by atoms with Gasteiger partial charge in [-0.3, -0.25) is 14.2 Å². The van der Waals surface area contributed by atoms with Crippen LogP contribution in [0.15, 0.2) is 23.2 Å². The lowest BCUT2D eigenvalue weighted by molar-refractivity contribution is -0.165. The highest BCUT2D eigenvalue weighted by molar-refractivity contribution is 7.88. The standard InChI is InChI=1S/C26H35N7O8S/c1-14(34)38-21-20(17-11-18(31-41-17)26(3,4)5)40-25(22(21)39-15(2)35)33-13-29-19-23(27-12-28-24(19)33)30-16-7-9-32(10-8-16)42(6,36)37/h11-13,16,20-22,25H,7-10H2,1-6H3,(H,27,28,30). The van der Waals surface area contributed by atoms with Crippen LogP contribution in [0.3, 0.4) is 0 Å². The fourth-order valence-electron chi connectivity index (χ4n) is 5.18. The van der Waals surface area contributed by atoms with Gasteiger partial charge in [0.15, 0.2) is 47.3 Å². The van der Waals surface area contributed by atoms with Gasteiger partial charge in [-0.1, -0.05) is 25.9 Å². The molecule has 2 aliphatic rings. The van der Waals surface area contributed by atoms with E-state index in [0.717, 1.165) is 0 Å². The maximum atomic E-state index is 12.2. The number of aromatic nitrogens is 5. The van der Waals surface area contributed by atoms with Crippen LogP contribution in [0.2, 0.25) is 0 Å². The van der Waals surface area contributed by atoms with Crippen molar-refractivity contribution in [3.8, 4) is 0 Å². The minimum absolute atomic E-state index is 0.0241. The van der Waals surface area contributed by atoms with Crippen molar-refractivity contribution in [3.63, 3.8) is 0 Å². The molecule has 0 bridgehead atoms. The number of anilines is 1. The Balaban J connectivity index is 1.46. The first kappa shape index (κ1) is 29.8. The number of rotatable bonds is 7. The molecule has 4 unspecified atom stereocenters. The van der Waals surface area contributed by atoms with Crippen molar-refractivity contribution in [2.45, 2.75) is 83.5 Å². The topological polar surface area (TPSA) is 181 Å². The minimum atomic E-state index is -3.25. The first-order chi connectivity index (χ1) is 19.7. The van der Waals surface area contributed by atoms with Gasteiger partial charge >= 0.3 is 11.9 Å². The van der Waals surface area contributed by atoms with E-state index in [1.165, 1.54) is 37.1 Å². The quantitative estimate of drug-likeness (QED) is 0.387. The molecule has 3 aromatic rings. The van der Waals surface area contributed by atoms with Gasteiger partial charge in [0, 0.05) is 44.5 Å². The molecule has 228 valence electrons. The minimum Gasteiger partial charge on any atom is -0.455 e. The van der Waals surface area contributed by atoms with E-state index in [1.807, 2.05) is 20.8 Å². The van der Waals surface area contributed by atoms with E-state index < -0.39 is 46.5 Å². The molecule has 2 aliphatic heterocycles. The lowest BCUT2D eigenvalue weighted by atomic mass is 9.92. The first-order valence-corrected chi connectivity index (χ1v) is 15.4. The zero-order valence-corrected chi connectivity index (χ0v) is 25.1. The number of hydrogen-bond donors (Lipinski definition) is 1. The predicted octanol–water partition coefficient (Wildman–Crippen LogP) is 2.08. The van der Waals surface area contributed by atoms with E-state index in [4.69, 9.17) is 18.7 Å². The molecule has 0 aromatic carbocycles. The maximum Gasteiger partial charge on any atom is 0.303 e. The number of piperidine rings is 1. The molecule has 3 aromatic heterocycles. The molecule has 1 N–H and O–H groups in total. The zero-order chi connectivity index (χ0) is 30.4. The average molecular weight is 606 g/mol. The van der Waals surface area contributed by atoms with Crippen molar-refractivity contribution in [1.29, 1.82) is 0 Å². The van der Waals surface area contributed by atoms with Gasteiger partial charge in [0.05, 0.1) is 18.3 Å². The molecule has 0 amide bonds. The molecule has 0 saturated carbocycles. The highest BCUT2D eigenvalue weighted by Crippen LogP contribution is 2.44. The van der Waals surface area contributed by atoms with Crippen molar-refractivity contribution >= 4 is 38.9 Å². The van der Waals surface area contributed by atoms with Crippen molar-refractivity contribution in [3.05, 3.63) is 30.2 Å². The Morgan fingerprint density at radius 1 is 1.05 bits per heavy atom. The second-order valence-electron chi connectivity index (χ2n) is 11.6. The molecule has 2 saturated heterocycles. The van der Waals surface area contributed by atoms with E-state index in [0.29, 0.717) is 54.4 Å². The Morgan fingerprint density at radius 2 is 1.71 bits per heavy atom. The summed E-state index contributed by atoms with van der Waals surface area (Å²) in [6.07, 6.45) is 1.22. The monoisotopic (exact) mass is 605 g/mol. The van der Waals surface area contributed by atoms with E-state index >= 15 is 0 Å². The molecular weight excluding hydrogens is 570 g/mol. The van der Waals surface area contributed by atoms with Gasteiger partial charge in [-0.15, -0.1) is 0 Å². The first-order valence-electron chi connectivity index (χ1n) is 13.6. The molecule has 2 fully saturated rings. The summed E-state index contributed by atoms with van der Waals surface area (Å²) in [5, 5.41) is 7.53. The third-order valence-corrected chi connectivity index (χ3v) is 8.57. The van der Waals surface area contributed by atoms with Gasteiger partial charge in [0.1, 0.15) is 6.33 Å². The van der Waals surface area contributed by atoms with E-state index in [2.05, 4.69) is 25.4 Å². The zero-order valence-electron chi connectivity index (χ0n) is 24.3. The number of hydrogen-bond acceptors (Lipinski definition) is 13. The molecule has 16 heteroatoms. The van der Waals surface area contributed by atoms with Gasteiger partial charge in [-0.05, 0) is 12.8 Å². The maximum absolute atomic E-state index is 12.2. The second kappa shape index (κ2) is 11.2. The van der Waals surface area contributed by atoms with Crippen molar-refractivity contribution in [2.24, 2.45) is 0 Å².